The second-order valence-electron chi connectivity index (χ2n) is 11.7. The van der Waals surface area contributed by atoms with E-state index in [2.05, 4.69) is 10.6 Å². The Labute approximate surface area is 236 Å². The zero-order valence-electron chi connectivity index (χ0n) is 23.6. The molecule has 3 amide bonds. The van der Waals surface area contributed by atoms with Gasteiger partial charge in [-0.3, -0.25) is 18.7 Å². The van der Waals surface area contributed by atoms with E-state index in [0.29, 0.717) is 44.1 Å². The third-order valence-corrected chi connectivity index (χ3v) is 8.51. The largest absolute Gasteiger partial charge is 0.388 e. The van der Waals surface area contributed by atoms with Gasteiger partial charge in [-0.25, -0.2) is 14.0 Å². The normalized spacial score (nSPS) is 18.8. The molecule has 10 nitrogen and oxygen atoms in total. The van der Waals surface area contributed by atoms with Crippen LogP contribution in [-0.2, 0) is 13.1 Å². The van der Waals surface area contributed by atoms with Crippen LogP contribution in [0.3, 0.4) is 0 Å². The van der Waals surface area contributed by atoms with Crippen LogP contribution in [-0.4, -0.2) is 57.1 Å². The molecule has 3 aliphatic rings. The molecule has 1 atom stereocenters. The number of fused-ring (bicyclic) bond motifs is 2. The molecule has 1 saturated heterocycles. The van der Waals surface area contributed by atoms with Gasteiger partial charge in [-0.05, 0) is 69.2 Å². The van der Waals surface area contributed by atoms with E-state index >= 15 is 4.39 Å². The molecule has 0 bridgehead atoms. The molecule has 1 aliphatic carbocycles. The van der Waals surface area contributed by atoms with Gasteiger partial charge in [0.2, 0.25) is 0 Å². The van der Waals surface area contributed by atoms with Crippen molar-refractivity contribution in [1.82, 2.24) is 18.9 Å². The predicted octanol–water partition coefficient (Wildman–Crippen LogP) is 3.99. The third kappa shape index (κ3) is 4.87. The highest BCUT2D eigenvalue weighted by atomic mass is 19.1. The Hall–Kier alpha value is -4.15. The van der Waals surface area contributed by atoms with Crippen LogP contribution in [0.5, 0.6) is 0 Å². The van der Waals surface area contributed by atoms with Gasteiger partial charge in [0, 0.05) is 56.6 Å². The Morgan fingerprint density at radius 3 is 2.59 bits per heavy atom. The van der Waals surface area contributed by atoms with Gasteiger partial charge in [-0.15, -0.1) is 0 Å². The Kier molecular flexibility index (Phi) is 6.83. The molecule has 2 aliphatic heterocycles. The van der Waals surface area contributed by atoms with Gasteiger partial charge in [-0.2, -0.15) is 0 Å². The molecule has 216 valence electrons. The summed E-state index contributed by atoms with van der Waals surface area (Å²) in [5.41, 5.74) is 1.68. The van der Waals surface area contributed by atoms with Gasteiger partial charge in [0.25, 0.3) is 11.5 Å². The fourth-order valence-electron chi connectivity index (χ4n) is 6.07. The summed E-state index contributed by atoms with van der Waals surface area (Å²) in [5.74, 6) is -0.479. The Bertz CT molecular complexity index is 1670. The number of rotatable bonds is 6. The smallest absolute Gasteiger partial charge is 0.331 e. The lowest BCUT2D eigenvalue weighted by Crippen LogP contribution is -2.51. The van der Waals surface area contributed by atoms with Crippen LogP contribution < -0.4 is 21.9 Å². The molecule has 3 aromatic rings. The quantitative estimate of drug-likeness (QED) is 0.473. The molecule has 2 N–H and O–H groups in total. The van der Waals surface area contributed by atoms with E-state index in [1.165, 1.54) is 15.2 Å². The summed E-state index contributed by atoms with van der Waals surface area (Å²) >= 11 is 0. The zero-order valence-corrected chi connectivity index (χ0v) is 23.6. The highest BCUT2D eigenvalue weighted by Gasteiger charge is 2.36. The summed E-state index contributed by atoms with van der Waals surface area (Å²) in [4.78, 5) is 56.4. The van der Waals surface area contributed by atoms with Crippen molar-refractivity contribution >= 4 is 34.2 Å². The molecule has 3 heterocycles. The first-order valence-corrected chi connectivity index (χ1v) is 14.3. The molecule has 0 spiro atoms. The highest BCUT2D eigenvalue weighted by Crippen LogP contribution is 2.31. The van der Waals surface area contributed by atoms with Crippen LogP contribution in [0.25, 0.3) is 10.9 Å². The number of benzene rings is 2. The average Bonchev–Trinajstić information content (AvgIpc) is 3.72. The Morgan fingerprint density at radius 1 is 1.10 bits per heavy atom. The monoisotopic (exact) mass is 562 g/mol. The number of piperidine rings is 1. The van der Waals surface area contributed by atoms with Gasteiger partial charge in [0.05, 0.1) is 22.6 Å². The molecule has 2 aromatic carbocycles. The van der Waals surface area contributed by atoms with Gasteiger partial charge in [-0.1, -0.05) is 6.07 Å². The number of amides is 3. The first-order chi connectivity index (χ1) is 19.7. The summed E-state index contributed by atoms with van der Waals surface area (Å²) in [6, 6.07) is 7.30. The lowest BCUT2D eigenvalue weighted by molar-refractivity contribution is 0.0608. The molecule has 6 rings (SSSR count). The van der Waals surface area contributed by atoms with Crippen LogP contribution in [0, 0.1) is 11.7 Å². The maximum Gasteiger partial charge on any atom is 0.331 e. The van der Waals surface area contributed by atoms with E-state index in [0.717, 1.165) is 36.6 Å². The number of aromatic nitrogens is 2. The molecule has 0 radical (unpaired) electrons. The number of hydrogen-bond acceptors (Lipinski definition) is 5. The first-order valence-electron chi connectivity index (χ1n) is 14.3. The second kappa shape index (κ2) is 10.4. The molecular formula is C30H35FN6O4. The van der Waals surface area contributed by atoms with Crippen molar-refractivity contribution in [2.45, 2.75) is 64.7 Å². The van der Waals surface area contributed by atoms with Gasteiger partial charge >= 0.3 is 11.7 Å². The fraction of sp³-hybridized carbons (Fsp3) is 0.467. The summed E-state index contributed by atoms with van der Waals surface area (Å²) in [6.07, 6.45) is 3.41. The molecule has 0 unspecified atom stereocenters. The van der Waals surface area contributed by atoms with E-state index in [1.54, 1.807) is 4.90 Å². The number of urea groups is 1. The molecule has 1 saturated carbocycles. The predicted molar refractivity (Wildman–Crippen MR) is 155 cm³/mol. The number of anilines is 2. The molecule has 11 heteroatoms. The Balaban J connectivity index is 1.24. The van der Waals surface area contributed by atoms with Crippen molar-refractivity contribution in [1.29, 1.82) is 0 Å². The van der Waals surface area contributed by atoms with E-state index in [9.17, 15) is 19.2 Å². The van der Waals surface area contributed by atoms with Gasteiger partial charge in [0.1, 0.15) is 5.82 Å². The molecular weight excluding hydrogens is 527 g/mol. The maximum atomic E-state index is 15.3. The molecule has 41 heavy (non-hydrogen) atoms. The number of carbonyl (C=O) groups excluding carboxylic acids is 2. The number of likely N-dealkylation sites (tertiary alicyclic amines) is 1. The SMILES string of the molecule is CNc1ccc2c(c1)C(=O)N([C@@H]1CCCN(C(=O)Nc3cc4c(=O)n(CC5CC5)c(=O)n(C(C)C)c4cc3F)C1)C2. The lowest BCUT2D eigenvalue weighted by atomic mass is 10.0. The summed E-state index contributed by atoms with van der Waals surface area (Å²) < 4.78 is 18.0. The van der Waals surface area contributed by atoms with E-state index in [4.69, 9.17) is 0 Å². The van der Waals surface area contributed by atoms with Crippen molar-refractivity contribution in [2.24, 2.45) is 5.92 Å². The summed E-state index contributed by atoms with van der Waals surface area (Å²) in [6.45, 7) is 5.25. The van der Waals surface area contributed by atoms with Gasteiger partial charge in [0.15, 0.2) is 0 Å². The highest BCUT2D eigenvalue weighted by molar-refractivity contribution is 5.99. The lowest BCUT2D eigenvalue weighted by Gasteiger charge is -2.37. The van der Waals surface area contributed by atoms with Crippen molar-refractivity contribution in [3.8, 4) is 0 Å². The number of nitrogens with zero attached hydrogens (tertiary/aromatic N) is 4. The zero-order chi connectivity index (χ0) is 29.0. The fourth-order valence-corrected chi connectivity index (χ4v) is 6.07. The number of carbonyl (C=O) groups is 2. The number of halogens is 1. The van der Waals surface area contributed by atoms with Crippen molar-refractivity contribution < 1.29 is 14.0 Å². The minimum atomic E-state index is -0.724. The molecule has 1 aromatic heterocycles. The minimum Gasteiger partial charge on any atom is -0.388 e. The first kappa shape index (κ1) is 27.0. The van der Waals surface area contributed by atoms with Crippen LogP contribution in [0.15, 0.2) is 39.9 Å². The van der Waals surface area contributed by atoms with E-state index in [1.807, 2.05) is 44.0 Å². The average molecular weight is 563 g/mol. The summed E-state index contributed by atoms with van der Waals surface area (Å²) in [7, 11) is 1.81. The third-order valence-electron chi connectivity index (χ3n) is 8.51. The second-order valence-corrected chi connectivity index (χ2v) is 11.7. The van der Waals surface area contributed by atoms with Crippen LogP contribution in [0.4, 0.5) is 20.6 Å². The van der Waals surface area contributed by atoms with Crippen molar-refractivity contribution in [2.75, 3.05) is 30.8 Å². The topological polar surface area (TPSA) is 109 Å². The summed E-state index contributed by atoms with van der Waals surface area (Å²) in [5, 5.41) is 5.90. The van der Waals surface area contributed by atoms with Gasteiger partial charge < -0.3 is 20.4 Å². The van der Waals surface area contributed by atoms with Crippen LogP contribution in [0.2, 0.25) is 0 Å². The van der Waals surface area contributed by atoms with Crippen LogP contribution in [0.1, 0.15) is 61.5 Å². The molecule has 2 fully saturated rings. The standard InChI is InChI=1S/C30H35FN6O4/c1-17(2)37-26-13-24(31)25(12-23(26)28(39)36(30(37)41)14-18-6-7-18)33-29(40)34-10-4-5-21(16-34)35-15-19-8-9-20(32-3)11-22(19)27(35)38/h8-9,11-13,17-18,21,32H,4-7,10,14-16H2,1-3H3,(H,33,40)/t21-/m1/s1. The van der Waals surface area contributed by atoms with Crippen molar-refractivity contribution in [3.63, 3.8) is 0 Å². The van der Waals surface area contributed by atoms with E-state index in [-0.39, 0.29) is 34.6 Å². The minimum absolute atomic E-state index is 0.0522. The maximum absolute atomic E-state index is 15.3. The Morgan fingerprint density at radius 2 is 1.88 bits per heavy atom. The van der Waals surface area contributed by atoms with E-state index < -0.39 is 23.1 Å². The van der Waals surface area contributed by atoms with Crippen molar-refractivity contribution in [3.05, 3.63) is 68.1 Å². The van der Waals surface area contributed by atoms with Crippen LogP contribution >= 0.6 is 0 Å². The number of nitrogens with one attached hydrogen (secondary N) is 2. The number of hydrogen-bond donors (Lipinski definition) is 2.